The van der Waals surface area contributed by atoms with E-state index >= 15 is 0 Å². The Hall–Kier alpha value is -1.91. The molecule has 0 radical (unpaired) electrons. The molecule has 0 amide bonds. The number of aliphatic carboxylic acids is 1. The van der Waals surface area contributed by atoms with Gasteiger partial charge in [-0.1, -0.05) is 11.8 Å². The Morgan fingerprint density at radius 2 is 2.44 bits per heavy atom. The van der Waals surface area contributed by atoms with Crippen LogP contribution in [0.1, 0.15) is 11.4 Å². The lowest BCUT2D eigenvalue weighted by atomic mass is 10.3. The van der Waals surface area contributed by atoms with Crippen LogP contribution in [0.5, 0.6) is 0 Å². The van der Waals surface area contributed by atoms with Gasteiger partial charge in [0.05, 0.1) is 17.0 Å². The standard InChI is InChI=1S/C11H7N3O2S2/c12-5-8-9(2-1-3-13-8)18-11-14-7(6-17-11)4-10(15)16/h1-3,6H,4H2,(H,15,16). The van der Waals surface area contributed by atoms with Crippen molar-refractivity contribution in [2.75, 3.05) is 0 Å². The van der Waals surface area contributed by atoms with Crippen LogP contribution in [0.25, 0.3) is 0 Å². The Balaban J connectivity index is 2.17. The van der Waals surface area contributed by atoms with Crippen LogP contribution in [0.2, 0.25) is 0 Å². The summed E-state index contributed by atoms with van der Waals surface area (Å²) in [7, 11) is 0. The van der Waals surface area contributed by atoms with Gasteiger partial charge in [0.1, 0.15) is 6.07 Å². The molecule has 0 atom stereocenters. The molecule has 0 fully saturated rings. The number of hydrogen-bond donors (Lipinski definition) is 1. The Morgan fingerprint density at radius 1 is 1.61 bits per heavy atom. The third-order valence-corrected chi connectivity index (χ3v) is 3.97. The van der Waals surface area contributed by atoms with Crippen molar-refractivity contribution in [3.05, 3.63) is 35.1 Å². The first kappa shape index (κ1) is 12.5. The van der Waals surface area contributed by atoms with Crippen LogP contribution in [0, 0.1) is 11.3 Å². The molecule has 0 saturated carbocycles. The SMILES string of the molecule is N#Cc1ncccc1Sc1nc(CC(=O)O)cs1. The number of aromatic nitrogens is 2. The van der Waals surface area contributed by atoms with Gasteiger partial charge in [-0.05, 0) is 12.1 Å². The quantitative estimate of drug-likeness (QED) is 0.921. The number of carboxylic acid groups (broad SMARTS) is 1. The summed E-state index contributed by atoms with van der Waals surface area (Å²) in [6.07, 6.45) is 1.47. The van der Waals surface area contributed by atoms with E-state index in [1.807, 2.05) is 6.07 Å². The molecule has 0 unspecified atom stereocenters. The zero-order chi connectivity index (χ0) is 13.0. The van der Waals surface area contributed by atoms with Crippen LogP contribution in [0.15, 0.2) is 32.9 Å². The van der Waals surface area contributed by atoms with E-state index in [9.17, 15) is 4.79 Å². The van der Waals surface area contributed by atoms with Gasteiger partial charge in [-0.25, -0.2) is 9.97 Å². The highest BCUT2D eigenvalue weighted by Crippen LogP contribution is 2.31. The number of pyridine rings is 1. The van der Waals surface area contributed by atoms with E-state index in [1.165, 1.54) is 23.1 Å². The van der Waals surface area contributed by atoms with Gasteiger partial charge in [-0.15, -0.1) is 11.3 Å². The van der Waals surface area contributed by atoms with Crippen molar-refractivity contribution in [3.8, 4) is 6.07 Å². The van der Waals surface area contributed by atoms with Crippen LogP contribution < -0.4 is 0 Å². The second-order valence-corrected chi connectivity index (χ2v) is 5.39. The van der Waals surface area contributed by atoms with Crippen molar-refractivity contribution in [3.63, 3.8) is 0 Å². The number of rotatable bonds is 4. The highest BCUT2D eigenvalue weighted by Gasteiger charge is 2.10. The minimum absolute atomic E-state index is 0.0881. The van der Waals surface area contributed by atoms with Crippen LogP contribution in [0.4, 0.5) is 0 Å². The lowest BCUT2D eigenvalue weighted by Gasteiger charge is -1.98. The summed E-state index contributed by atoms with van der Waals surface area (Å²) in [4.78, 5) is 19.4. The first-order valence-corrected chi connectivity index (χ1v) is 6.58. The van der Waals surface area contributed by atoms with Crippen molar-refractivity contribution in [2.45, 2.75) is 15.7 Å². The van der Waals surface area contributed by atoms with Crippen molar-refractivity contribution >= 4 is 29.1 Å². The van der Waals surface area contributed by atoms with Gasteiger partial charge in [0.25, 0.3) is 0 Å². The van der Waals surface area contributed by atoms with E-state index in [-0.39, 0.29) is 6.42 Å². The number of carbonyl (C=O) groups is 1. The molecule has 2 heterocycles. The van der Waals surface area contributed by atoms with Crippen molar-refractivity contribution < 1.29 is 9.90 Å². The lowest BCUT2D eigenvalue weighted by molar-refractivity contribution is -0.136. The van der Waals surface area contributed by atoms with Gasteiger partial charge < -0.3 is 5.11 Å². The first-order chi connectivity index (χ1) is 8.69. The summed E-state index contributed by atoms with van der Waals surface area (Å²) in [5.41, 5.74) is 0.870. The van der Waals surface area contributed by atoms with Gasteiger partial charge in [0.15, 0.2) is 10.0 Å². The Morgan fingerprint density at radius 3 is 3.17 bits per heavy atom. The number of hydrogen-bond acceptors (Lipinski definition) is 6. The molecule has 18 heavy (non-hydrogen) atoms. The summed E-state index contributed by atoms with van der Waals surface area (Å²) >= 11 is 2.67. The maximum absolute atomic E-state index is 10.5. The molecule has 2 aromatic heterocycles. The molecule has 0 spiro atoms. The van der Waals surface area contributed by atoms with Crippen molar-refractivity contribution in [1.82, 2.24) is 9.97 Å². The molecule has 0 aromatic carbocycles. The molecule has 2 aromatic rings. The van der Waals surface area contributed by atoms with E-state index in [4.69, 9.17) is 10.4 Å². The average Bonchev–Trinajstić information content (AvgIpc) is 2.76. The monoisotopic (exact) mass is 277 g/mol. The first-order valence-electron chi connectivity index (χ1n) is 4.88. The van der Waals surface area contributed by atoms with E-state index < -0.39 is 5.97 Å². The van der Waals surface area contributed by atoms with Crippen molar-refractivity contribution in [1.29, 1.82) is 5.26 Å². The minimum Gasteiger partial charge on any atom is -0.481 e. The average molecular weight is 277 g/mol. The summed E-state index contributed by atoms with van der Waals surface area (Å²) in [5, 5.41) is 19.3. The largest absolute Gasteiger partial charge is 0.481 e. The van der Waals surface area contributed by atoms with Crippen LogP contribution >= 0.6 is 23.1 Å². The van der Waals surface area contributed by atoms with Gasteiger partial charge in [0.2, 0.25) is 0 Å². The smallest absolute Gasteiger partial charge is 0.309 e. The molecule has 0 aliphatic rings. The molecule has 2 rings (SSSR count). The molecule has 90 valence electrons. The fourth-order valence-corrected chi connectivity index (χ4v) is 3.06. The Labute approximate surface area is 111 Å². The van der Waals surface area contributed by atoms with E-state index in [2.05, 4.69) is 9.97 Å². The number of nitrogens with zero attached hydrogens (tertiary/aromatic N) is 3. The molecule has 5 nitrogen and oxygen atoms in total. The number of thiazole rings is 1. The second kappa shape index (κ2) is 5.62. The molecule has 7 heteroatoms. The van der Waals surface area contributed by atoms with Crippen molar-refractivity contribution in [2.24, 2.45) is 0 Å². The summed E-state index contributed by atoms with van der Waals surface area (Å²) in [6, 6.07) is 5.54. The van der Waals surface area contributed by atoms with Crippen LogP contribution in [-0.2, 0) is 11.2 Å². The molecule has 0 saturated heterocycles. The number of carboxylic acids is 1. The van der Waals surface area contributed by atoms with Gasteiger partial charge in [0, 0.05) is 11.6 Å². The highest BCUT2D eigenvalue weighted by molar-refractivity contribution is 8.01. The Bertz CT molecular complexity index is 619. The summed E-state index contributed by atoms with van der Waals surface area (Å²) in [6.45, 7) is 0. The second-order valence-electron chi connectivity index (χ2n) is 3.24. The zero-order valence-electron chi connectivity index (χ0n) is 9.03. The molecular weight excluding hydrogens is 270 g/mol. The molecule has 0 bridgehead atoms. The number of nitriles is 1. The third-order valence-electron chi connectivity index (χ3n) is 1.94. The lowest BCUT2D eigenvalue weighted by Crippen LogP contribution is -1.99. The van der Waals surface area contributed by atoms with Gasteiger partial charge >= 0.3 is 5.97 Å². The van der Waals surface area contributed by atoms with E-state index in [0.717, 1.165) is 4.90 Å². The maximum atomic E-state index is 10.5. The van der Waals surface area contributed by atoms with E-state index in [1.54, 1.807) is 23.7 Å². The minimum atomic E-state index is -0.907. The van der Waals surface area contributed by atoms with Gasteiger partial charge in [-0.3, -0.25) is 4.79 Å². The predicted octanol–water partition coefficient (Wildman–Crippen LogP) is 2.19. The summed E-state index contributed by atoms with van der Waals surface area (Å²) in [5.74, 6) is -0.907. The van der Waals surface area contributed by atoms with E-state index in [0.29, 0.717) is 15.7 Å². The molecular formula is C11H7N3O2S2. The fourth-order valence-electron chi connectivity index (χ4n) is 1.22. The van der Waals surface area contributed by atoms with Gasteiger partial charge in [-0.2, -0.15) is 5.26 Å². The van der Waals surface area contributed by atoms with Crippen LogP contribution in [0.3, 0.4) is 0 Å². The predicted molar refractivity (Wildman–Crippen MR) is 66.5 cm³/mol. The molecule has 1 N–H and O–H groups in total. The van der Waals surface area contributed by atoms with Crippen LogP contribution in [-0.4, -0.2) is 21.0 Å². The topological polar surface area (TPSA) is 86.9 Å². The zero-order valence-corrected chi connectivity index (χ0v) is 10.7. The normalized spacial score (nSPS) is 9.94. The highest BCUT2D eigenvalue weighted by atomic mass is 32.2. The molecule has 0 aliphatic heterocycles. The summed E-state index contributed by atoms with van der Waals surface area (Å²) < 4.78 is 0.704. The fraction of sp³-hybridized carbons (Fsp3) is 0.0909. The Kier molecular flexibility index (Phi) is 3.92. The molecule has 0 aliphatic carbocycles. The third kappa shape index (κ3) is 3.06. The maximum Gasteiger partial charge on any atom is 0.309 e.